The number of aryl methyl sites for hydroxylation is 1. The summed E-state index contributed by atoms with van der Waals surface area (Å²) in [5.41, 5.74) is 1.48. The lowest BCUT2D eigenvalue weighted by Gasteiger charge is -2.22. The van der Waals surface area contributed by atoms with Crippen molar-refractivity contribution in [1.82, 2.24) is 4.72 Å². The van der Waals surface area contributed by atoms with Crippen molar-refractivity contribution in [2.45, 2.75) is 41.5 Å². The maximum Gasteiger partial charge on any atom is 0.242 e. The van der Waals surface area contributed by atoms with E-state index in [2.05, 4.69) is 10.0 Å². The number of carbonyl (C=O) groups excluding carboxylic acids is 1. The molecule has 0 heterocycles. The number of hydrogen-bond acceptors (Lipinski definition) is 4. The third-order valence-corrected chi connectivity index (χ3v) is 7.51. The zero-order valence-electron chi connectivity index (χ0n) is 18.0. The van der Waals surface area contributed by atoms with Gasteiger partial charge in [0.1, 0.15) is 6.04 Å². The standard InChI is InChI=1S/C24H25ClN2O3S2/c1-16(2)23(27-32(29,30)20-12-9-17(3)10-13-20)24(28)26-21-15-18(25)11-14-22(21)31-19-7-5-4-6-8-19/h4-16,23,27H,1-3H3,(H,26,28)/t23-/m1/s1. The summed E-state index contributed by atoms with van der Waals surface area (Å²) in [5.74, 6) is -0.729. The van der Waals surface area contributed by atoms with Crippen molar-refractivity contribution in [3.05, 3.63) is 83.4 Å². The van der Waals surface area contributed by atoms with Crippen LogP contribution < -0.4 is 10.0 Å². The van der Waals surface area contributed by atoms with Gasteiger partial charge in [0.05, 0.1) is 10.6 Å². The van der Waals surface area contributed by atoms with Crippen LogP contribution in [0.15, 0.2) is 87.5 Å². The molecule has 32 heavy (non-hydrogen) atoms. The summed E-state index contributed by atoms with van der Waals surface area (Å²) >= 11 is 7.66. The minimum Gasteiger partial charge on any atom is -0.324 e. The Morgan fingerprint density at radius 1 is 0.969 bits per heavy atom. The van der Waals surface area contributed by atoms with Gasteiger partial charge in [0.25, 0.3) is 0 Å². The number of sulfonamides is 1. The molecule has 0 aliphatic heterocycles. The summed E-state index contributed by atoms with van der Waals surface area (Å²) in [5, 5.41) is 3.34. The van der Waals surface area contributed by atoms with E-state index in [1.807, 2.05) is 43.3 Å². The number of halogens is 1. The van der Waals surface area contributed by atoms with Crippen LogP contribution in [0.25, 0.3) is 0 Å². The number of anilines is 1. The average Bonchev–Trinajstić information content (AvgIpc) is 2.75. The molecule has 0 fully saturated rings. The van der Waals surface area contributed by atoms with E-state index in [1.165, 1.54) is 23.9 Å². The van der Waals surface area contributed by atoms with Crippen LogP contribution >= 0.6 is 23.4 Å². The molecule has 2 N–H and O–H groups in total. The molecular formula is C24H25ClN2O3S2. The second kappa shape index (κ2) is 10.5. The van der Waals surface area contributed by atoms with E-state index in [-0.39, 0.29) is 10.8 Å². The average molecular weight is 489 g/mol. The van der Waals surface area contributed by atoms with Gasteiger partial charge < -0.3 is 5.32 Å². The van der Waals surface area contributed by atoms with Crippen LogP contribution in [-0.2, 0) is 14.8 Å². The van der Waals surface area contributed by atoms with Crippen molar-refractivity contribution in [3.63, 3.8) is 0 Å². The van der Waals surface area contributed by atoms with Gasteiger partial charge in [-0.3, -0.25) is 4.79 Å². The minimum atomic E-state index is -3.87. The van der Waals surface area contributed by atoms with Crippen molar-refractivity contribution >= 4 is 45.0 Å². The molecule has 0 spiro atoms. The normalized spacial score (nSPS) is 12.5. The van der Waals surface area contributed by atoms with Crippen LogP contribution in [0.2, 0.25) is 5.02 Å². The van der Waals surface area contributed by atoms with Gasteiger partial charge >= 0.3 is 0 Å². The van der Waals surface area contributed by atoms with Crippen LogP contribution in [-0.4, -0.2) is 20.4 Å². The molecule has 0 saturated carbocycles. The van der Waals surface area contributed by atoms with Gasteiger partial charge in [-0.05, 0) is 55.3 Å². The molecule has 0 aromatic heterocycles. The number of rotatable bonds is 8. The minimum absolute atomic E-state index is 0.115. The van der Waals surface area contributed by atoms with Crippen molar-refractivity contribution in [1.29, 1.82) is 0 Å². The highest BCUT2D eigenvalue weighted by Gasteiger charge is 2.29. The maximum absolute atomic E-state index is 13.1. The van der Waals surface area contributed by atoms with Crippen LogP contribution in [0.4, 0.5) is 5.69 Å². The lowest BCUT2D eigenvalue weighted by molar-refractivity contribution is -0.118. The van der Waals surface area contributed by atoms with Gasteiger partial charge in [0.15, 0.2) is 0 Å². The number of hydrogen-bond donors (Lipinski definition) is 2. The first-order valence-electron chi connectivity index (χ1n) is 10.1. The SMILES string of the molecule is Cc1ccc(S(=O)(=O)N[C@@H](C(=O)Nc2cc(Cl)ccc2Sc2ccccc2)C(C)C)cc1. The van der Waals surface area contributed by atoms with Crippen molar-refractivity contribution in [2.24, 2.45) is 5.92 Å². The van der Waals surface area contributed by atoms with Crippen molar-refractivity contribution < 1.29 is 13.2 Å². The molecule has 3 aromatic carbocycles. The van der Waals surface area contributed by atoms with E-state index in [1.54, 1.807) is 38.1 Å². The molecule has 1 amide bonds. The number of nitrogens with one attached hydrogen (secondary N) is 2. The molecule has 0 bridgehead atoms. The molecule has 1 atom stereocenters. The zero-order chi connectivity index (χ0) is 23.3. The smallest absolute Gasteiger partial charge is 0.242 e. The van der Waals surface area contributed by atoms with Crippen LogP contribution in [0.1, 0.15) is 19.4 Å². The van der Waals surface area contributed by atoms with E-state index >= 15 is 0 Å². The van der Waals surface area contributed by atoms with E-state index in [0.29, 0.717) is 10.7 Å². The second-order valence-electron chi connectivity index (χ2n) is 7.70. The highest BCUT2D eigenvalue weighted by molar-refractivity contribution is 7.99. The summed E-state index contributed by atoms with van der Waals surface area (Å²) < 4.78 is 28.3. The first kappa shape index (κ1) is 24.3. The molecule has 3 aromatic rings. The number of amides is 1. The van der Waals surface area contributed by atoms with Gasteiger partial charge in [0, 0.05) is 14.8 Å². The molecule has 0 saturated heterocycles. The summed E-state index contributed by atoms with van der Waals surface area (Å²) in [6, 6.07) is 20.5. The van der Waals surface area contributed by atoms with Gasteiger partial charge in [-0.1, -0.05) is 73.1 Å². The van der Waals surface area contributed by atoms with Crippen LogP contribution in [0, 0.1) is 12.8 Å². The van der Waals surface area contributed by atoms with Gasteiger partial charge in [-0.15, -0.1) is 0 Å². The van der Waals surface area contributed by atoms with E-state index in [4.69, 9.17) is 11.6 Å². The third-order valence-electron chi connectivity index (χ3n) is 4.73. The Bertz CT molecular complexity index is 1180. The van der Waals surface area contributed by atoms with Crippen molar-refractivity contribution in [2.75, 3.05) is 5.32 Å². The Hall–Kier alpha value is -2.32. The number of benzene rings is 3. The predicted molar refractivity (Wildman–Crippen MR) is 131 cm³/mol. The number of carbonyl (C=O) groups is 1. The fraction of sp³-hybridized carbons (Fsp3) is 0.208. The van der Waals surface area contributed by atoms with Crippen molar-refractivity contribution in [3.8, 4) is 0 Å². The van der Waals surface area contributed by atoms with E-state index in [9.17, 15) is 13.2 Å². The molecule has 168 valence electrons. The summed E-state index contributed by atoms with van der Waals surface area (Å²) in [4.78, 5) is 15.1. The Morgan fingerprint density at radius 3 is 2.25 bits per heavy atom. The largest absolute Gasteiger partial charge is 0.324 e. The molecular weight excluding hydrogens is 464 g/mol. The Balaban J connectivity index is 1.83. The van der Waals surface area contributed by atoms with E-state index in [0.717, 1.165) is 15.4 Å². The van der Waals surface area contributed by atoms with Gasteiger partial charge in [0.2, 0.25) is 15.9 Å². The molecule has 8 heteroatoms. The molecule has 0 unspecified atom stereocenters. The molecule has 0 aliphatic rings. The highest BCUT2D eigenvalue weighted by atomic mass is 35.5. The monoisotopic (exact) mass is 488 g/mol. The fourth-order valence-corrected chi connectivity index (χ4v) is 5.38. The maximum atomic E-state index is 13.1. The zero-order valence-corrected chi connectivity index (χ0v) is 20.4. The highest BCUT2D eigenvalue weighted by Crippen LogP contribution is 2.35. The topological polar surface area (TPSA) is 75.3 Å². The Morgan fingerprint density at radius 2 is 1.62 bits per heavy atom. The Labute approximate surface area is 198 Å². The summed E-state index contributed by atoms with van der Waals surface area (Å²) in [6.07, 6.45) is 0. The predicted octanol–water partition coefficient (Wildman–Crippen LogP) is 5.74. The second-order valence-corrected chi connectivity index (χ2v) is 11.0. The molecule has 0 radical (unpaired) electrons. The van der Waals surface area contributed by atoms with Crippen LogP contribution in [0.5, 0.6) is 0 Å². The first-order chi connectivity index (χ1) is 15.2. The molecule has 3 rings (SSSR count). The first-order valence-corrected chi connectivity index (χ1v) is 12.8. The lowest BCUT2D eigenvalue weighted by atomic mass is 10.0. The molecule has 0 aliphatic carbocycles. The third kappa shape index (κ3) is 6.36. The lowest BCUT2D eigenvalue weighted by Crippen LogP contribution is -2.47. The van der Waals surface area contributed by atoms with E-state index < -0.39 is 22.0 Å². The molecule has 5 nitrogen and oxygen atoms in total. The van der Waals surface area contributed by atoms with Gasteiger partial charge in [-0.2, -0.15) is 4.72 Å². The Kier molecular flexibility index (Phi) is 8.00. The quantitative estimate of drug-likeness (QED) is 0.424. The summed E-state index contributed by atoms with van der Waals surface area (Å²) in [7, 11) is -3.87. The summed E-state index contributed by atoms with van der Waals surface area (Å²) in [6.45, 7) is 5.46. The van der Waals surface area contributed by atoms with Crippen LogP contribution in [0.3, 0.4) is 0 Å². The van der Waals surface area contributed by atoms with Gasteiger partial charge in [-0.25, -0.2) is 8.42 Å². The fourth-order valence-electron chi connectivity index (χ4n) is 2.96.